The van der Waals surface area contributed by atoms with Crippen LogP contribution in [0, 0.1) is 0 Å². The van der Waals surface area contributed by atoms with Gasteiger partial charge >= 0.3 is 0 Å². The first-order valence-electron chi connectivity index (χ1n) is 6.77. The maximum absolute atomic E-state index is 11.0. The van der Waals surface area contributed by atoms with Gasteiger partial charge in [0.1, 0.15) is 15.6 Å². The molecule has 1 aromatic rings. The Morgan fingerprint density at radius 2 is 1.95 bits per heavy atom. The largest absolute Gasteiger partial charge is 0.491 e. The van der Waals surface area contributed by atoms with Gasteiger partial charge in [0.2, 0.25) is 0 Å². The molecule has 0 aromatic heterocycles. The Morgan fingerprint density at radius 1 is 1.33 bits per heavy atom. The molecular formula is C14H23N3O3S. The molecule has 7 heteroatoms. The molecule has 1 aromatic carbocycles. The van der Waals surface area contributed by atoms with E-state index in [1.807, 2.05) is 38.1 Å². The Balaban J connectivity index is 2.45. The summed E-state index contributed by atoms with van der Waals surface area (Å²) in [6, 6.07) is 7.38. The van der Waals surface area contributed by atoms with Gasteiger partial charge < -0.3 is 15.8 Å². The van der Waals surface area contributed by atoms with E-state index in [2.05, 4.69) is 10.3 Å². The average Bonchev–Trinajstić information content (AvgIpc) is 2.35. The van der Waals surface area contributed by atoms with Crippen LogP contribution < -0.4 is 15.8 Å². The summed E-state index contributed by atoms with van der Waals surface area (Å²) in [6.45, 7) is 4.31. The number of nitrogens with zero attached hydrogens (tertiary/aromatic N) is 1. The third-order valence-electron chi connectivity index (χ3n) is 2.45. The second-order valence-electron chi connectivity index (χ2n) is 5.07. The highest BCUT2D eigenvalue weighted by molar-refractivity contribution is 7.90. The first-order chi connectivity index (χ1) is 9.76. The van der Waals surface area contributed by atoms with Crippen LogP contribution in [0.2, 0.25) is 0 Å². The summed E-state index contributed by atoms with van der Waals surface area (Å²) in [7, 11) is -2.94. The molecule has 3 N–H and O–H groups in total. The van der Waals surface area contributed by atoms with Crippen molar-refractivity contribution >= 4 is 21.5 Å². The standard InChI is InChI=1S/C14H23N3O3S/c1-11(2)20-13-7-5-12(6-8-13)17-14(15)16-9-4-10-21(3,18)19/h5-8,11H,4,9-10H2,1-3H3,(H3,15,16,17). The smallest absolute Gasteiger partial charge is 0.193 e. The van der Waals surface area contributed by atoms with E-state index in [0.717, 1.165) is 11.4 Å². The zero-order chi connectivity index (χ0) is 15.9. The van der Waals surface area contributed by atoms with Crippen LogP contribution in [0.5, 0.6) is 5.75 Å². The summed E-state index contributed by atoms with van der Waals surface area (Å²) in [5.41, 5.74) is 6.53. The predicted molar refractivity (Wildman–Crippen MR) is 86.6 cm³/mol. The number of nitrogens with one attached hydrogen (secondary N) is 1. The van der Waals surface area contributed by atoms with Crippen molar-refractivity contribution in [3.05, 3.63) is 24.3 Å². The minimum absolute atomic E-state index is 0.116. The maximum Gasteiger partial charge on any atom is 0.193 e. The molecule has 0 spiro atoms. The van der Waals surface area contributed by atoms with Crippen LogP contribution in [-0.4, -0.2) is 39.0 Å². The van der Waals surface area contributed by atoms with Crippen molar-refractivity contribution in [1.82, 2.24) is 0 Å². The fraction of sp³-hybridized carbons (Fsp3) is 0.500. The highest BCUT2D eigenvalue weighted by atomic mass is 32.2. The summed E-state index contributed by atoms with van der Waals surface area (Å²) in [6.07, 6.45) is 1.80. The van der Waals surface area contributed by atoms with Gasteiger partial charge in [-0.2, -0.15) is 0 Å². The number of rotatable bonds is 7. The lowest BCUT2D eigenvalue weighted by molar-refractivity contribution is 0.242. The second-order valence-corrected chi connectivity index (χ2v) is 7.33. The van der Waals surface area contributed by atoms with Crippen molar-refractivity contribution in [2.24, 2.45) is 10.7 Å². The molecule has 118 valence electrons. The number of hydrogen-bond donors (Lipinski definition) is 2. The zero-order valence-corrected chi connectivity index (χ0v) is 13.5. The number of benzene rings is 1. The molecule has 0 heterocycles. The summed E-state index contributed by atoms with van der Waals surface area (Å²) in [5, 5.41) is 2.94. The van der Waals surface area contributed by atoms with Gasteiger partial charge in [-0.05, 0) is 44.5 Å². The minimum atomic E-state index is -2.94. The van der Waals surface area contributed by atoms with Crippen molar-refractivity contribution in [2.45, 2.75) is 26.4 Å². The maximum atomic E-state index is 11.0. The first kappa shape index (κ1) is 17.3. The summed E-state index contributed by atoms with van der Waals surface area (Å²) < 4.78 is 27.5. The molecule has 6 nitrogen and oxygen atoms in total. The van der Waals surface area contributed by atoms with Gasteiger partial charge in [0.25, 0.3) is 0 Å². The molecular weight excluding hydrogens is 290 g/mol. The second kappa shape index (κ2) is 7.87. The SMILES string of the molecule is CC(C)Oc1ccc(NC(N)=NCCCS(C)(=O)=O)cc1. The van der Waals surface area contributed by atoms with Gasteiger partial charge in [-0.1, -0.05) is 0 Å². The zero-order valence-electron chi connectivity index (χ0n) is 12.7. The number of nitrogens with two attached hydrogens (primary N) is 1. The Morgan fingerprint density at radius 3 is 2.48 bits per heavy atom. The topological polar surface area (TPSA) is 93.8 Å². The highest BCUT2D eigenvalue weighted by Crippen LogP contribution is 2.16. The van der Waals surface area contributed by atoms with Crippen molar-refractivity contribution in [3.8, 4) is 5.75 Å². The van der Waals surface area contributed by atoms with Crippen molar-refractivity contribution in [2.75, 3.05) is 23.9 Å². The molecule has 0 bridgehead atoms. The van der Waals surface area contributed by atoms with E-state index in [0.29, 0.717) is 13.0 Å². The van der Waals surface area contributed by atoms with Crippen LogP contribution in [0.1, 0.15) is 20.3 Å². The average molecular weight is 313 g/mol. The van der Waals surface area contributed by atoms with Gasteiger partial charge in [-0.15, -0.1) is 0 Å². The Hall–Kier alpha value is -1.76. The molecule has 0 aliphatic heterocycles. The number of anilines is 1. The van der Waals surface area contributed by atoms with Crippen LogP contribution in [0.25, 0.3) is 0 Å². The number of hydrogen-bond acceptors (Lipinski definition) is 4. The van der Waals surface area contributed by atoms with Crippen LogP contribution in [0.3, 0.4) is 0 Å². The van der Waals surface area contributed by atoms with Gasteiger partial charge in [-0.25, -0.2) is 8.42 Å². The quantitative estimate of drug-likeness (QED) is 0.453. The lowest BCUT2D eigenvalue weighted by Gasteiger charge is -2.10. The summed E-state index contributed by atoms with van der Waals surface area (Å²) in [5.74, 6) is 1.17. The third-order valence-corrected chi connectivity index (χ3v) is 3.48. The molecule has 0 aliphatic rings. The van der Waals surface area contributed by atoms with Gasteiger partial charge in [0.15, 0.2) is 5.96 Å². The summed E-state index contributed by atoms with van der Waals surface area (Å²) >= 11 is 0. The van der Waals surface area contributed by atoms with E-state index < -0.39 is 9.84 Å². The minimum Gasteiger partial charge on any atom is -0.491 e. The van der Waals surface area contributed by atoms with Gasteiger partial charge in [0.05, 0.1) is 11.9 Å². The van der Waals surface area contributed by atoms with E-state index in [1.54, 1.807) is 0 Å². The molecule has 0 fully saturated rings. The molecule has 21 heavy (non-hydrogen) atoms. The van der Waals surface area contributed by atoms with Gasteiger partial charge in [0, 0.05) is 18.5 Å². The summed E-state index contributed by atoms with van der Waals surface area (Å²) in [4.78, 5) is 4.08. The Bertz CT molecular complexity index is 566. The predicted octanol–water partition coefficient (Wildman–Crippen LogP) is 1.64. The fourth-order valence-corrected chi connectivity index (χ4v) is 2.26. The Labute approximate surface area is 126 Å². The van der Waals surface area contributed by atoms with E-state index in [1.165, 1.54) is 6.26 Å². The molecule has 0 saturated carbocycles. The fourth-order valence-electron chi connectivity index (χ4n) is 1.60. The number of ether oxygens (including phenoxy) is 1. The lowest BCUT2D eigenvalue weighted by atomic mass is 10.3. The van der Waals surface area contributed by atoms with Crippen molar-refractivity contribution in [3.63, 3.8) is 0 Å². The van der Waals surface area contributed by atoms with Crippen molar-refractivity contribution < 1.29 is 13.2 Å². The molecule has 0 amide bonds. The molecule has 0 aliphatic carbocycles. The third kappa shape index (κ3) is 8.19. The highest BCUT2D eigenvalue weighted by Gasteiger charge is 2.01. The molecule has 0 unspecified atom stereocenters. The van der Waals surface area contributed by atoms with E-state index >= 15 is 0 Å². The molecule has 0 saturated heterocycles. The van der Waals surface area contributed by atoms with Crippen LogP contribution in [-0.2, 0) is 9.84 Å². The lowest BCUT2D eigenvalue weighted by Crippen LogP contribution is -2.23. The van der Waals surface area contributed by atoms with Crippen LogP contribution in [0.15, 0.2) is 29.3 Å². The number of sulfone groups is 1. The van der Waals surface area contributed by atoms with E-state index in [9.17, 15) is 8.42 Å². The number of guanidine groups is 1. The molecule has 1 rings (SSSR count). The monoisotopic (exact) mass is 313 g/mol. The van der Waals surface area contributed by atoms with Gasteiger partial charge in [-0.3, -0.25) is 4.99 Å². The first-order valence-corrected chi connectivity index (χ1v) is 8.84. The molecule has 0 radical (unpaired) electrons. The van der Waals surface area contributed by atoms with Crippen molar-refractivity contribution in [1.29, 1.82) is 0 Å². The Kier molecular flexibility index (Phi) is 6.48. The van der Waals surface area contributed by atoms with Crippen LogP contribution in [0.4, 0.5) is 5.69 Å². The van der Waals surface area contributed by atoms with E-state index in [4.69, 9.17) is 10.5 Å². The number of aliphatic imine (C=N–C) groups is 1. The normalized spacial score (nSPS) is 12.5. The molecule has 0 atom stereocenters. The van der Waals surface area contributed by atoms with E-state index in [-0.39, 0.29) is 17.8 Å². The van der Waals surface area contributed by atoms with Crippen LogP contribution >= 0.6 is 0 Å².